The maximum Gasteiger partial charge on any atom is -0.00184 e. The molecule has 0 spiro atoms. The molecular weight excluding hydrogens is 230 g/mol. The normalized spacial score (nSPS) is 14.8. The summed E-state index contributed by atoms with van der Waals surface area (Å²) >= 11 is 0. The van der Waals surface area contributed by atoms with E-state index < -0.39 is 0 Å². The maximum atomic E-state index is 2.49. The molecule has 1 nitrogen and oxygen atoms in total. The minimum Gasteiger partial charge on any atom is -0.304 e. The summed E-state index contributed by atoms with van der Waals surface area (Å²) in [6, 6.07) is 20.8. The fourth-order valence-corrected chi connectivity index (χ4v) is 2.36. The van der Waals surface area contributed by atoms with Crippen molar-refractivity contribution in [3.63, 3.8) is 0 Å². The Bertz CT molecular complexity index is 406. The highest BCUT2D eigenvalue weighted by atomic mass is 15.1. The first-order valence-corrected chi connectivity index (χ1v) is 7.23. The van der Waals surface area contributed by atoms with Gasteiger partial charge in [0.05, 0.1) is 0 Å². The van der Waals surface area contributed by atoms with Gasteiger partial charge in [-0.25, -0.2) is 0 Å². The average molecular weight is 253 g/mol. The summed E-state index contributed by atoms with van der Waals surface area (Å²) < 4.78 is 0. The van der Waals surface area contributed by atoms with Gasteiger partial charge in [-0.2, -0.15) is 0 Å². The lowest BCUT2D eigenvalue weighted by molar-refractivity contribution is 0.359. The van der Waals surface area contributed by atoms with Crippen LogP contribution < -0.4 is 0 Å². The Hall–Kier alpha value is -1.60. The van der Waals surface area contributed by atoms with Gasteiger partial charge in [0.25, 0.3) is 0 Å². The van der Waals surface area contributed by atoms with E-state index in [9.17, 15) is 0 Å². The molecule has 2 aromatic carbocycles. The molecule has 0 saturated carbocycles. The van der Waals surface area contributed by atoms with E-state index in [0.29, 0.717) is 0 Å². The van der Waals surface area contributed by atoms with Crippen LogP contribution in [0.3, 0.4) is 0 Å². The van der Waals surface area contributed by atoms with E-state index in [1.54, 1.807) is 0 Å². The topological polar surface area (TPSA) is 3.24 Å². The van der Waals surface area contributed by atoms with E-state index in [1.165, 1.54) is 43.6 Å². The number of nitrogens with zero attached hydrogens (tertiary/aromatic N) is 1. The van der Waals surface area contributed by atoms with Crippen LogP contribution in [0, 0.1) is 0 Å². The SMILES string of the molecule is CCN1CCCC1.c1ccc(-c2ccccc2)cc1. The molecule has 1 fully saturated rings. The zero-order valence-corrected chi connectivity index (χ0v) is 11.8. The summed E-state index contributed by atoms with van der Waals surface area (Å²) in [6.07, 6.45) is 2.85. The second-order valence-corrected chi connectivity index (χ2v) is 4.87. The van der Waals surface area contributed by atoms with E-state index in [4.69, 9.17) is 0 Å². The zero-order valence-electron chi connectivity index (χ0n) is 11.8. The molecule has 0 aliphatic carbocycles. The Kier molecular flexibility index (Phi) is 5.64. The molecule has 100 valence electrons. The smallest absolute Gasteiger partial charge is 0.00184 e. The second kappa shape index (κ2) is 7.75. The molecule has 0 radical (unpaired) electrons. The minimum atomic E-state index is 1.25. The quantitative estimate of drug-likeness (QED) is 0.764. The van der Waals surface area contributed by atoms with Crippen LogP contribution in [0.25, 0.3) is 11.1 Å². The maximum absolute atomic E-state index is 2.49. The molecule has 1 heterocycles. The standard InChI is InChI=1S/C12H10.C6H13N/c1-3-7-11(8-4-1)12-9-5-2-6-10-12;1-2-7-5-3-4-6-7/h1-10H;2-6H2,1H3. The van der Waals surface area contributed by atoms with E-state index in [2.05, 4.69) is 60.4 Å². The average Bonchev–Trinajstić information content (AvgIpc) is 3.03. The Balaban J connectivity index is 0.000000163. The molecule has 3 rings (SSSR count). The fraction of sp³-hybridized carbons (Fsp3) is 0.333. The van der Waals surface area contributed by atoms with Gasteiger partial charge < -0.3 is 4.90 Å². The Morgan fingerprint density at radius 3 is 1.47 bits per heavy atom. The highest BCUT2D eigenvalue weighted by Crippen LogP contribution is 2.17. The van der Waals surface area contributed by atoms with Gasteiger partial charge in [-0.1, -0.05) is 67.6 Å². The second-order valence-electron chi connectivity index (χ2n) is 4.87. The molecule has 0 unspecified atom stereocenters. The predicted octanol–water partition coefficient (Wildman–Crippen LogP) is 4.46. The number of likely N-dealkylation sites (tertiary alicyclic amines) is 1. The third-order valence-electron chi connectivity index (χ3n) is 3.53. The zero-order chi connectivity index (χ0) is 13.3. The van der Waals surface area contributed by atoms with Crippen molar-refractivity contribution in [2.24, 2.45) is 0 Å². The summed E-state index contributed by atoms with van der Waals surface area (Å²) in [5.74, 6) is 0. The van der Waals surface area contributed by atoms with Crippen LogP contribution in [0.4, 0.5) is 0 Å². The van der Waals surface area contributed by atoms with Gasteiger partial charge in [-0.3, -0.25) is 0 Å². The monoisotopic (exact) mass is 253 g/mol. The lowest BCUT2D eigenvalue weighted by Crippen LogP contribution is -2.17. The molecule has 0 bridgehead atoms. The van der Waals surface area contributed by atoms with Gasteiger partial charge in [0.1, 0.15) is 0 Å². The van der Waals surface area contributed by atoms with Gasteiger partial charge in [-0.15, -0.1) is 0 Å². The lowest BCUT2D eigenvalue weighted by atomic mass is 10.1. The van der Waals surface area contributed by atoms with E-state index in [1.807, 2.05) is 12.1 Å². The summed E-state index contributed by atoms with van der Waals surface area (Å²) in [6.45, 7) is 6.16. The van der Waals surface area contributed by atoms with Crippen molar-refractivity contribution in [1.82, 2.24) is 4.90 Å². The predicted molar refractivity (Wildman–Crippen MR) is 83.2 cm³/mol. The molecule has 0 N–H and O–H groups in total. The number of hydrogen-bond donors (Lipinski definition) is 0. The third kappa shape index (κ3) is 4.53. The van der Waals surface area contributed by atoms with Crippen LogP contribution in [0.15, 0.2) is 60.7 Å². The van der Waals surface area contributed by atoms with Crippen LogP contribution in [0.2, 0.25) is 0 Å². The van der Waals surface area contributed by atoms with Gasteiger partial charge in [0, 0.05) is 0 Å². The minimum absolute atomic E-state index is 1.25. The Morgan fingerprint density at radius 2 is 1.16 bits per heavy atom. The molecule has 1 heteroatoms. The molecule has 0 amide bonds. The Morgan fingerprint density at radius 1 is 0.737 bits per heavy atom. The van der Waals surface area contributed by atoms with Crippen molar-refractivity contribution in [2.75, 3.05) is 19.6 Å². The molecule has 1 saturated heterocycles. The molecule has 1 aliphatic heterocycles. The highest BCUT2D eigenvalue weighted by Gasteiger charge is 2.06. The van der Waals surface area contributed by atoms with Crippen molar-refractivity contribution in [2.45, 2.75) is 19.8 Å². The summed E-state index contributed by atoms with van der Waals surface area (Å²) in [5, 5.41) is 0. The molecule has 0 aromatic heterocycles. The van der Waals surface area contributed by atoms with Crippen molar-refractivity contribution in [3.8, 4) is 11.1 Å². The number of benzene rings is 2. The largest absolute Gasteiger partial charge is 0.304 e. The van der Waals surface area contributed by atoms with E-state index >= 15 is 0 Å². The third-order valence-corrected chi connectivity index (χ3v) is 3.53. The van der Waals surface area contributed by atoms with Crippen LogP contribution in [-0.2, 0) is 0 Å². The van der Waals surface area contributed by atoms with Crippen LogP contribution in [0.5, 0.6) is 0 Å². The van der Waals surface area contributed by atoms with Crippen LogP contribution in [-0.4, -0.2) is 24.5 Å². The fourth-order valence-electron chi connectivity index (χ4n) is 2.36. The van der Waals surface area contributed by atoms with Crippen LogP contribution >= 0.6 is 0 Å². The summed E-state index contributed by atoms with van der Waals surface area (Å²) in [4.78, 5) is 2.49. The number of rotatable bonds is 2. The van der Waals surface area contributed by atoms with E-state index in [0.717, 1.165) is 0 Å². The van der Waals surface area contributed by atoms with Gasteiger partial charge in [0.2, 0.25) is 0 Å². The van der Waals surface area contributed by atoms with Crippen molar-refractivity contribution >= 4 is 0 Å². The lowest BCUT2D eigenvalue weighted by Gasteiger charge is -2.08. The van der Waals surface area contributed by atoms with Crippen molar-refractivity contribution in [1.29, 1.82) is 0 Å². The van der Waals surface area contributed by atoms with Gasteiger partial charge in [0.15, 0.2) is 0 Å². The summed E-state index contributed by atoms with van der Waals surface area (Å²) in [5.41, 5.74) is 2.55. The van der Waals surface area contributed by atoms with Crippen molar-refractivity contribution < 1.29 is 0 Å². The molecule has 0 atom stereocenters. The number of hydrogen-bond acceptors (Lipinski definition) is 1. The van der Waals surface area contributed by atoms with Gasteiger partial charge in [-0.05, 0) is 43.6 Å². The molecule has 19 heavy (non-hydrogen) atoms. The molecule has 2 aromatic rings. The molecule has 1 aliphatic rings. The highest BCUT2D eigenvalue weighted by molar-refractivity contribution is 5.62. The first kappa shape index (κ1) is 13.8. The van der Waals surface area contributed by atoms with Gasteiger partial charge >= 0.3 is 0 Å². The Labute approximate surface area is 116 Å². The van der Waals surface area contributed by atoms with E-state index in [-0.39, 0.29) is 0 Å². The molecular formula is C18H23N. The van der Waals surface area contributed by atoms with Crippen molar-refractivity contribution in [3.05, 3.63) is 60.7 Å². The summed E-state index contributed by atoms with van der Waals surface area (Å²) in [7, 11) is 0. The first-order chi connectivity index (χ1) is 9.40. The first-order valence-electron chi connectivity index (χ1n) is 7.23. The van der Waals surface area contributed by atoms with Crippen LogP contribution in [0.1, 0.15) is 19.8 Å².